The van der Waals surface area contributed by atoms with Gasteiger partial charge in [-0.1, -0.05) is 33.3 Å². The molecule has 2 rings (SSSR count). The molecule has 5 heteroatoms. The highest BCUT2D eigenvalue weighted by Gasteiger charge is 2.07. The van der Waals surface area contributed by atoms with Gasteiger partial charge in [0.2, 0.25) is 0 Å². The van der Waals surface area contributed by atoms with E-state index in [9.17, 15) is 0 Å². The van der Waals surface area contributed by atoms with Gasteiger partial charge in [-0.3, -0.25) is 0 Å². The fraction of sp³-hybridized carbons (Fsp3) is 0.333. The number of rotatable bonds is 4. The van der Waals surface area contributed by atoms with E-state index in [2.05, 4.69) is 43.7 Å². The lowest BCUT2D eigenvalue weighted by Crippen LogP contribution is -2.08. The Morgan fingerprint density at radius 1 is 1.29 bits per heavy atom. The van der Waals surface area contributed by atoms with Crippen molar-refractivity contribution < 1.29 is 0 Å². The van der Waals surface area contributed by atoms with Crippen molar-refractivity contribution in [3.63, 3.8) is 0 Å². The molecule has 0 aliphatic carbocycles. The van der Waals surface area contributed by atoms with Gasteiger partial charge in [-0.25, -0.2) is 4.68 Å². The van der Waals surface area contributed by atoms with Crippen LogP contribution in [0.1, 0.15) is 17.0 Å². The molecule has 0 saturated carbocycles. The molecule has 0 atom stereocenters. The van der Waals surface area contributed by atoms with Crippen molar-refractivity contribution in [1.29, 1.82) is 0 Å². The molecule has 0 amide bonds. The Labute approximate surface area is 109 Å². The molecule has 1 N–H and O–H groups in total. The zero-order valence-electron chi connectivity index (χ0n) is 9.94. The lowest BCUT2D eigenvalue weighted by molar-refractivity contribution is 0.633. The average molecular weight is 295 g/mol. The molecule has 2 aromatic rings. The number of nitrogens with one attached hydrogen (secondary N) is 1. The first-order valence-corrected chi connectivity index (χ1v) is 6.28. The maximum atomic E-state index is 4.17. The normalized spacial score (nSPS) is 10.8. The summed E-state index contributed by atoms with van der Waals surface area (Å²) < 4.78 is 3.02. The lowest BCUT2D eigenvalue weighted by atomic mass is 10.2. The van der Waals surface area contributed by atoms with Crippen LogP contribution in [0.4, 0.5) is 0 Å². The Morgan fingerprint density at radius 3 is 2.65 bits per heavy atom. The maximum absolute atomic E-state index is 4.17. The molecular weight excluding hydrogens is 280 g/mol. The Kier molecular flexibility index (Phi) is 3.91. The van der Waals surface area contributed by atoms with Crippen molar-refractivity contribution in [1.82, 2.24) is 20.3 Å². The maximum Gasteiger partial charge on any atom is 0.0993 e. The molecular formula is C12H15BrN4. The van der Waals surface area contributed by atoms with Gasteiger partial charge < -0.3 is 5.32 Å². The van der Waals surface area contributed by atoms with Gasteiger partial charge in [0, 0.05) is 11.0 Å². The van der Waals surface area contributed by atoms with Crippen molar-refractivity contribution >= 4 is 15.9 Å². The standard InChI is InChI=1S/C12H15BrN4/c1-9-12(7-14-2)15-16-17(9)8-10-3-5-11(13)6-4-10/h3-6,14H,7-8H2,1-2H3. The van der Waals surface area contributed by atoms with Crippen molar-refractivity contribution in [2.24, 2.45) is 0 Å². The average Bonchev–Trinajstić information content (AvgIpc) is 2.65. The first-order valence-electron chi connectivity index (χ1n) is 5.48. The molecule has 0 fully saturated rings. The van der Waals surface area contributed by atoms with Crippen molar-refractivity contribution in [2.45, 2.75) is 20.0 Å². The third-order valence-electron chi connectivity index (χ3n) is 2.67. The molecule has 17 heavy (non-hydrogen) atoms. The molecule has 0 unspecified atom stereocenters. The van der Waals surface area contributed by atoms with Gasteiger partial charge in [-0.15, -0.1) is 5.10 Å². The third kappa shape index (κ3) is 2.92. The lowest BCUT2D eigenvalue weighted by Gasteiger charge is -2.04. The second-order valence-corrected chi connectivity index (χ2v) is 4.85. The summed E-state index contributed by atoms with van der Waals surface area (Å²) in [7, 11) is 1.91. The quantitative estimate of drug-likeness (QED) is 0.939. The van der Waals surface area contributed by atoms with Gasteiger partial charge in [0.15, 0.2) is 0 Å². The topological polar surface area (TPSA) is 42.7 Å². The molecule has 0 aliphatic rings. The Balaban J connectivity index is 2.16. The second-order valence-electron chi connectivity index (χ2n) is 3.94. The Morgan fingerprint density at radius 2 is 2.00 bits per heavy atom. The van der Waals surface area contributed by atoms with Gasteiger partial charge in [-0.05, 0) is 31.7 Å². The van der Waals surface area contributed by atoms with E-state index in [1.165, 1.54) is 5.56 Å². The van der Waals surface area contributed by atoms with Gasteiger partial charge in [0.05, 0.1) is 17.9 Å². The number of halogens is 1. The Hall–Kier alpha value is -1.20. The number of hydrogen-bond acceptors (Lipinski definition) is 3. The van der Waals surface area contributed by atoms with Crippen LogP contribution in [0.3, 0.4) is 0 Å². The summed E-state index contributed by atoms with van der Waals surface area (Å²) >= 11 is 3.43. The molecule has 1 heterocycles. The van der Waals surface area contributed by atoms with E-state index in [-0.39, 0.29) is 0 Å². The van der Waals surface area contributed by atoms with E-state index in [1.54, 1.807) is 0 Å². The van der Waals surface area contributed by atoms with E-state index < -0.39 is 0 Å². The summed E-state index contributed by atoms with van der Waals surface area (Å²) in [5.41, 5.74) is 3.34. The highest BCUT2D eigenvalue weighted by molar-refractivity contribution is 9.10. The first kappa shape index (κ1) is 12.3. The van der Waals surface area contributed by atoms with Gasteiger partial charge in [0.25, 0.3) is 0 Å². The molecule has 0 spiro atoms. The highest BCUT2D eigenvalue weighted by Crippen LogP contribution is 2.12. The van der Waals surface area contributed by atoms with Crippen LogP contribution in [-0.2, 0) is 13.1 Å². The number of benzene rings is 1. The van der Waals surface area contributed by atoms with E-state index in [4.69, 9.17) is 0 Å². The van der Waals surface area contributed by atoms with Crippen LogP contribution in [0, 0.1) is 6.92 Å². The summed E-state index contributed by atoms with van der Waals surface area (Å²) in [5.74, 6) is 0. The Bertz CT molecular complexity index is 490. The van der Waals surface area contributed by atoms with Crippen LogP contribution >= 0.6 is 15.9 Å². The van der Waals surface area contributed by atoms with Crippen LogP contribution in [0.2, 0.25) is 0 Å². The van der Waals surface area contributed by atoms with E-state index in [0.717, 1.165) is 29.0 Å². The molecule has 90 valence electrons. The molecule has 0 aliphatic heterocycles. The minimum absolute atomic E-state index is 0.756. The largest absolute Gasteiger partial charge is 0.314 e. The monoisotopic (exact) mass is 294 g/mol. The highest BCUT2D eigenvalue weighted by atomic mass is 79.9. The smallest absolute Gasteiger partial charge is 0.0993 e. The van der Waals surface area contributed by atoms with Crippen molar-refractivity contribution in [3.05, 3.63) is 45.7 Å². The van der Waals surface area contributed by atoms with Gasteiger partial charge in [0.1, 0.15) is 0 Å². The summed E-state index contributed by atoms with van der Waals surface area (Å²) in [6.45, 7) is 3.56. The minimum atomic E-state index is 0.756. The second kappa shape index (κ2) is 5.42. The molecule has 1 aromatic carbocycles. The summed E-state index contributed by atoms with van der Waals surface area (Å²) in [5, 5.41) is 11.4. The summed E-state index contributed by atoms with van der Waals surface area (Å²) in [6, 6.07) is 8.25. The minimum Gasteiger partial charge on any atom is -0.314 e. The van der Waals surface area contributed by atoms with Gasteiger partial charge in [-0.2, -0.15) is 0 Å². The molecule has 0 saturated heterocycles. The first-order chi connectivity index (χ1) is 8.20. The van der Waals surface area contributed by atoms with Crippen molar-refractivity contribution in [3.8, 4) is 0 Å². The zero-order chi connectivity index (χ0) is 12.3. The number of nitrogens with zero attached hydrogens (tertiary/aromatic N) is 3. The van der Waals surface area contributed by atoms with E-state index in [0.29, 0.717) is 0 Å². The van der Waals surface area contributed by atoms with E-state index >= 15 is 0 Å². The number of hydrogen-bond donors (Lipinski definition) is 1. The van der Waals surface area contributed by atoms with Crippen LogP contribution in [0.5, 0.6) is 0 Å². The molecule has 4 nitrogen and oxygen atoms in total. The van der Waals surface area contributed by atoms with Crippen molar-refractivity contribution in [2.75, 3.05) is 7.05 Å². The fourth-order valence-corrected chi connectivity index (χ4v) is 1.90. The van der Waals surface area contributed by atoms with Crippen LogP contribution in [-0.4, -0.2) is 22.0 Å². The van der Waals surface area contributed by atoms with Gasteiger partial charge >= 0.3 is 0 Å². The third-order valence-corrected chi connectivity index (χ3v) is 3.20. The van der Waals surface area contributed by atoms with E-state index in [1.807, 2.05) is 30.8 Å². The summed E-state index contributed by atoms with van der Waals surface area (Å²) in [4.78, 5) is 0. The summed E-state index contributed by atoms with van der Waals surface area (Å²) in [6.07, 6.45) is 0. The van der Waals surface area contributed by atoms with Crippen LogP contribution in [0.25, 0.3) is 0 Å². The zero-order valence-corrected chi connectivity index (χ0v) is 11.5. The predicted molar refractivity (Wildman–Crippen MR) is 70.8 cm³/mol. The molecule has 0 bridgehead atoms. The fourth-order valence-electron chi connectivity index (χ4n) is 1.64. The SMILES string of the molecule is CNCc1nnn(Cc2ccc(Br)cc2)c1C. The molecule has 0 radical (unpaired) electrons. The molecule has 1 aromatic heterocycles. The van der Waals surface area contributed by atoms with Crippen LogP contribution in [0.15, 0.2) is 28.7 Å². The van der Waals surface area contributed by atoms with Crippen LogP contribution < -0.4 is 5.32 Å². The number of aromatic nitrogens is 3. The predicted octanol–water partition coefficient (Wildman–Crippen LogP) is 2.12.